The Morgan fingerprint density at radius 2 is 1.55 bits per heavy atom. The Morgan fingerprint density at radius 1 is 0.828 bits per heavy atom. The number of benzene rings is 2. The topological polar surface area (TPSA) is 29.8 Å². The van der Waals surface area contributed by atoms with E-state index in [9.17, 15) is 0 Å². The molecule has 0 radical (unpaired) electrons. The highest BCUT2D eigenvalue weighted by Gasteiger charge is 2.19. The normalized spacial score (nSPS) is 15.1. The SMILES string of the molecule is Clc1ccc(-c2nc3ccc(-c4ccccc4)cn3c2CN2CCOCC2)cc1. The number of aromatic nitrogens is 2. The van der Waals surface area contributed by atoms with Crippen molar-refractivity contribution in [3.63, 3.8) is 0 Å². The van der Waals surface area contributed by atoms with Crippen molar-refractivity contribution in [1.82, 2.24) is 14.3 Å². The van der Waals surface area contributed by atoms with Crippen LogP contribution in [0.2, 0.25) is 5.02 Å². The van der Waals surface area contributed by atoms with Crippen LogP contribution in [-0.2, 0) is 11.3 Å². The van der Waals surface area contributed by atoms with Gasteiger partial charge in [-0.1, -0.05) is 54.1 Å². The van der Waals surface area contributed by atoms with Crippen LogP contribution < -0.4 is 0 Å². The van der Waals surface area contributed by atoms with E-state index in [0.29, 0.717) is 0 Å². The molecule has 4 aromatic rings. The minimum absolute atomic E-state index is 0.735. The van der Waals surface area contributed by atoms with Crippen LogP contribution >= 0.6 is 11.6 Å². The molecule has 1 fully saturated rings. The van der Waals surface area contributed by atoms with E-state index in [2.05, 4.69) is 51.9 Å². The molecule has 5 rings (SSSR count). The van der Waals surface area contributed by atoms with Crippen LogP contribution in [0.3, 0.4) is 0 Å². The predicted molar refractivity (Wildman–Crippen MR) is 117 cm³/mol. The minimum atomic E-state index is 0.735. The number of ether oxygens (including phenoxy) is 1. The summed E-state index contributed by atoms with van der Waals surface area (Å²) in [5.74, 6) is 0. The zero-order chi connectivity index (χ0) is 19.6. The molecule has 1 aliphatic rings. The summed E-state index contributed by atoms with van der Waals surface area (Å²) in [7, 11) is 0. The van der Waals surface area contributed by atoms with E-state index in [1.165, 1.54) is 16.8 Å². The Morgan fingerprint density at radius 3 is 2.31 bits per heavy atom. The van der Waals surface area contributed by atoms with Crippen LogP contribution in [-0.4, -0.2) is 40.6 Å². The summed E-state index contributed by atoms with van der Waals surface area (Å²) in [4.78, 5) is 7.41. The number of pyridine rings is 1. The number of nitrogens with zero attached hydrogens (tertiary/aromatic N) is 3. The number of rotatable bonds is 4. The highest BCUT2D eigenvalue weighted by Crippen LogP contribution is 2.29. The summed E-state index contributed by atoms with van der Waals surface area (Å²) in [6.45, 7) is 4.27. The first-order valence-electron chi connectivity index (χ1n) is 9.90. The third-order valence-electron chi connectivity index (χ3n) is 5.42. The largest absolute Gasteiger partial charge is 0.379 e. The maximum absolute atomic E-state index is 6.11. The molecule has 29 heavy (non-hydrogen) atoms. The van der Waals surface area contributed by atoms with Gasteiger partial charge in [-0.3, -0.25) is 4.90 Å². The Balaban J connectivity index is 1.64. The van der Waals surface area contributed by atoms with E-state index in [-0.39, 0.29) is 0 Å². The molecule has 0 amide bonds. The van der Waals surface area contributed by atoms with Crippen molar-refractivity contribution in [2.24, 2.45) is 0 Å². The zero-order valence-corrected chi connectivity index (χ0v) is 16.8. The maximum atomic E-state index is 6.11. The fourth-order valence-corrected chi connectivity index (χ4v) is 3.98. The van der Waals surface area contributed by atoms with Gasteiger partial charge >= 0.3 is 0 Å². The van der Waals surface area contributed by atoms with Crippen LogP contribution in [0.15, 0.2) is 72.9 Å². The van der Waals surface area contributed by atoms with E-state index in [1.807, 2.05) is 30.3 Å². The van der Waals surface area contributed by atoms with Crippen LogP contribution in [0.4, 0.5) is 0 Å². The van der Waals surface area contributed by atoms with Crippen molar-refractivity contribution in [3.05, 3.63) is 83.6 Å². The summed E-state index contributed by atoms with van der Waals surface area (Å²) in [6.07, 6.45) is 2.20. The van der Waals surface area contributed by atoms with Crippen LogP contribution in [0.1, 0.15) is 5.69 Å². The molecule has 0 spiro atoms. The zero-order valence-electron chi connectivity index (χ0n) is 16.1. The average Bonchev–Trinajstić information content (AvgIpc) is 3.13. The maximum Gasteiger partial charge on any atom is 0.137 e. The third-order valence-corrected chi connectivity index (χ3v) is 5.67. The molecular weight excluding hydrogens is 382 g/mol. The second kappa shape index (κ2) is 7.99. The molecule has 0 saturated carbocycles. The molecule has 4 nitrogen and oxygen atoms in total. The quantitative estimate of drug-likeness (QED) is 0.471. The molecule has 2 aromatic carbocycles. The van der Waals surface area contributed by atoms with Gasteiger partial charge < -0.3 is 9.14 Å². The van der Waals surface area contributed by atoms with Gasteiger partial charge in [0.2, 0.25) is 0 Å². The molecular formula is C24H22ClN3O. The molecule has 0 unspecified atom stereocenters. The summed E-state index contributed by atoms with van der Waals surface area (Å²) in [6, 6.07) is 22.6. The van der Waals surface area contributed by atoms with Gasteiger partial charge in [0.1, 0.15) is 5.65 Å². The van der Waals surface area contributed by atoms with E-state index < -0.39 is 0 Å². The van der Waals surface area contributed by atoms with Crippen molar-refractivity contribution in [1.29, 1.82) is 0 Å². The smallest absolute Gasteiger partial charge is 0.137 e. The summed E-state index contributed by atoms with van der Waals surface area (Å²) in [5.41, 5.74) is 6.63. The molecule has 1 saturated heterocycles. The van der Waals surface area contributed by atoms with Crippen molar-refractivity contribution in [2.75, 3.05) is 26.3 Å². The van der Waals surface area contributed by atoms with Crippen LogP contribution in [0.25, 0.3) is 28.0 Å². The summed E-state index contributed by atoms with van der Waals surface area (Å²) < 4.78 is 7.77. The number of halogens is 1. The fourth-order valence-electron chi connectivity index (χ4n) is 3.86. The van der Waals surface area contributed by atoms with Crippen molar-refractivity contribution < 1.29 is 4.74 Å². The lowest BCUT2D eigenvalue weighted by molar-refractivity contribution is 0.0336. The number of hydrogen-bond donors (Lipinski definition) is 0. The van der Waals surface area contributed by atoms with Crippen molar-refractivity contribution >= 4 is 17.2 Å². The first-order chi connectivity index (χ1) is 14.3. The molecule has 3 heterocycles. The minimum Gasteiger partial charge on any atom is -0.379 e. The fraction of sp³-hybridized carbons (Fsp3) is 0.208. The molecule has 0 aliphatic carbocycles. The number of imidazole rings is 1. The number of hydrogen-bond acceptors (Lipinski definition) is 3. The Bertz CT molecular complexity index is 1120. The molecule has 2 aromatic heterocycles. The molecule has 0 bridgehead atoms. The van der Waals surface area contributed by atoms with E-state index in [4.69, 9.17) is 21.3 Å². The van der Waals surface area contributed by atoms with Gasteiger partial charge in [-0.25, -0.2) is 4.98 Å². The standard InChI is InChI=1S/C24H22ClN3O/c25-21-9-6-19(7-10-21)24-22(17-27-12-14-29-15-13-27)28-16-20(8-11-23(28)26-24)18-4-2-1-3-5-18/h1-11,16H,12-15,17H2. The van der Waals surface area contributed by atoms with Gasteiger partial charge in [-0.15, -0.1) is 0 Å². The van der Waals surface area contributed by atoms with Gasteiger partial charge in [-0.2, -0.15) is 0 Å². The van der Waals surface area contributed by atoms with Gasteiger partial charge in [-0.05, 0) is 35.4 Å². The Kier molecular flexibility index (Phi) is 5.06. The van der Waals surface area contributed by atoms with E-state index >= 15 is 0 Å². The van der Waals surface area contributed by atoms with Crippen LogP contribution in [0.5, 0.6) is 0 Å². The Labute approximate surface area is 175 Å². The van der Waals surface area contributed by atoms with Gasteiger partial charge in [0.15, 0.2) is 0 Å². The molecule has 5 heteroatoms. The third kappa shape index (κ3) is 3.79. The van der Waals surface area contributed by atoms with E-state index in [0.717, 1.165) is 54.8 Å². The monoisotopic (exact) mass is 403 g/mol. The summed E-state index contributed by atoms with van der Waals surface area (Å²) in [5, 5.41) is 0.735. The van der Waals surface area contributed by atoms with Gasteiger partial charge in [0.25, 0.3) is 0 Å². The predicted octanol–water partition coefficient (Wildman–Crippen LogP) is 5.15. The second-order valence-electron chi connectivity index (χ2n) is 7.31. The van der Waals surface area contributed by atoms with Crippen LogP contribution in [0, 0.1) is 0 Å². The number of fused-ring (bicyclic) bond motifs is 1. The molecule has 1 aliphatic heterocycles. The van der Waals surface area contributed by atoms with Gasteiger partial charge in [0, 0.05) is 36.4 Å². The highest BCUT2D eigenvalue weighted by atomic mass is 35.5. The van der Waals surface area contributed by atoms with Crippen molar-refractivity contribution in [3.8, 4) is 22.4 Å². The second-order valence-corrected chi connectivity index (χ2v) is 7.75. The van der Waals surface area contributed by atoms with Gasteiger partial charge in [0.05, 0.1) is 24.6 Å². The van der Waals surface area contributed by atoms with E-state index in [1.54, 1.807) is 0 Å². The average molecular weight is 404 g/mol. The Hall–Kier alpha value is -2.66. The first-order valence-corrected chi connectivity index (χ1v) is 10.3. The lowest BCUT2D eigenvalue weighted by Crippen LogP contribution is -2.36. The first kappa shape index (κ1) is 18.4. The molecule has 0 N–H and O–H groups in total. The molecule has 146 valence electrons. The lowest BCUT2D eigenvalue weighted by Gasteiger charge is -2.26. The lowest BCUT2D eigenvalue weighted by atomic mass is 10.1. The van der Waals surface area contributed by atoms with Crippen molar-refractivity contribution in [2.45, 2.75) is 6.54 Å². The summed E-state index contributed by atoms with van der Waals surface area (Å²) >= 11 is 6.11. The highest BCUT2D eigenvalue weighted by molar-refractivity contribution is 6.30. The number of morpholine rings is 1. The molecule has 0 atom stereocenters.